The van der Waals surface area contributed by atoms with Crippen LogP contribution in [-0.2, 0) is 32.3 Å². The van der Waals surface area contributed by atoms with E-state index in [-0.39, 0.29) is 23.6 Å². The third-order valence-corrected chi connectivity index (χ3v) is 12.6. The summed E-state index contributed by atoms with van der Waals surface area (Å²) in [5.41, 5.74) is 3.85. The minimum atomic E-state index is -0.272. The molecule has 0 aliphatic carbocycles. The van der Waals surface area contributed by atoms with Crippen LogP contribution in [0.2, 0.25) is 0 Å². The second kappa shape index (κ2) is 20.5. The minimum Gasteiger partial charge on any atom is -0.308 e. The second-order valence-corrected chi connectivity index (χ2v) is 16.8. The highest BCUT2D eigenvalue weighted by molar-refractivity contribution is 8.29. The molecule has 6 rings (SSSR count). The number of rotatable bonds is 18. The SMILES string of the molecule is O=C1C(=C2SC(=S)N(CCCCCC(=O)N(Cc3ccccc3)c3ccccc3)C2=O)SC(=S)N1CCCCCC(=O)N(Cc1ccccc1)c1ccccc1. The van der Waals surface area contributed by atoms with E-state index in [1.807, 2.05) is 131 Å². The standard InChI is InChI=1S/C44H44N4O4S4/c49-37(47(35-23-11-3-12-24-35)31-33-19-7-1-8-20-33)27-15-5-17-29-45-41(51)39(55-43(45)53)40-42(52)46(44(54)56-40)30-18-6-16-28-38(50)48(36-25-13-4-14-26-36)32-34-21-9-2-10-22-34/h1-4,7-14,19-26H,5-6,15-18,27-32H2. The van der Waals surface area contributed by atoms with Crippen molar-refractivity contribution in [1.82, 2.24) is 9.80 Å². The largest absolute Gasteiger partial charge is 0.308 e. The monoisotopic (exact) mass is 820 g/mol. The lowest BCUT2D eigenvalue weighted by molar-refractivity contribution is -0.124. The second-order valence-electron chi connectivity index (χ2n) is 13.5. The van der Waals surface area contributed by atoms with E-state index in [2.05, 4.69) is 0 Å². The molecule has 0 radical (unpaired) electrons. The van der Waals surface area contributed by atoms with Gasteiger partial charge in [0.05, 0.1) is 22.9 Å². The predicted molar refractivity (Wildman–Crippen MR) is 236 cm³/mol. The number of carbonyl (C=O) groups is 4. The molecular formula is C44H44N4O4S4. The van der Waals surface area contributed by atoms with Gasteiger partial charge in [-0.2, -0.15) is 0 Å². The fraction of sp³-hybridized carbons (Fsp3) is 0.273. The first-order chi connectivity index (χ1) is 27.3. The fourth-order valence-corrected chi connectivity index (χ4v) is 9.34. The molecule has 2 aliphatic heterocycles. The van der Waals surface area contributed by atoms with Crippen molar-refractivity contribution in [2.45, 2.75) is 64.5 Å². The number of carbonyl (C=O) groups excluding carboxylic acids is 4. The summed E-state index contributed by atoms with van der Waals surface area (Å²) in [4.78, 5) is 61.2. The number of thiocarbonyl (C=S) groups is 2. The van der Waals surface area contributed by atoms with E-state index in [1.54, 1.807) is 9.80 Å². The van der Waals surface area contributed by atoms with Crippen LogP contribution in [0.5, 0.6) is 0 Å². The smallest absolute Gasteiger partial charge is 0.267 e. The zero-order chi connectivity index (χ0) is 39.3. The van der Waals surface area contributed by atoms with Crippen LogP contribution in [0.15, 0.2) is 131 Å². The van der Waals surface area contributed by atoms with E-state index in [1.165, 1.54) is 0 Å². The Morgan fingerprint density at radius 1 is 0.482 bits per heavy atom. The predicted octanol–water partition coefficient (Wildman–Crippen LogP) is 9.51. The Bertz CT molecular complexity index is 1900. The molecule has 2 heterocycles. The summed E-state index contributed by atoms with van der Waals surface area (Å²) in [7, 11) is 0. The number of hydrogen-bond donors (Lipinski definition) is 0. The van der Waals surface area contributed by atoms with Gasteiger partial charge in [0.1, 0.15) is 8.64 Å². The van der Waals surface area contributed by atoms with Gasteiger partial charge in [-0.05, 0) is 61.1 Å². The Morgan fingerprint density at radius 2 is 0.821 bits per heavy atom. The van der Waals surface area contributed by atoms with Gasteiger partial charge in [0.15, 0.2) is 0 Å². The van der Waals surface area contributed by atoms with Gasteiger partial charge in [0.25, 0.3) is 11.8 Å². The van der Waals surface area contributed by atoms with Crippen LogP contribution in [0.3, 0.4) is 0 Å². The number of para-hydroxylation sites is 2. The number of benzene rings is 4. The summed E-state index contributed by atoms with van der Waals surface area (Å²) >= 11 is 13.5. The highest BCUT2D eigenvalue weighted by Crippen LogP contribution is 2.42. The maximum Gasteiger partial charge on any atom is 0.267 e. The number of unbranched alkanes of at least 4 members (excludes halogenated alkanes) is 4. The van der Waals surface area contributed by atoms with E-state index in [0.29, 0.717) is 83.2 Å². The highest BCUT2D eigenvalue weighted by Gasteiger charge is 2.41. The number of thioether (sulfide) groups is 2. The van der Waals surface area contributed by atoms with E-state index >= 15 is 0 Å². The Labute approximate surface area is 348 Å². The Balaban J connectivity index is 0.947. The summed E-state index contributed by atoms with van der Waals surface area (Å²) in [6.45, 7) is 1.83. The van der Waals surface area contributed by atoms with Gasteiger partial charge in [-0.25, -0.2) is 0 Å². The molecule has 4 amide bonds. The molecule has 2 aliphatic rings. The molecule has 0 atom stereocenters. The Kier molecular flexibility index (Phi) is 15.0. The highest BCUT2D eigenvalue weighted by atomic mass is 32.2. The molecule has 12 heteroatoms. The molecular weight excluding hydrogens is 777 g/mol. The molecule has 4 aromatic rings. The lowest BCUT2D eigenvalue weighted by Crippen LogP contribution is -2.31. The van der Waals surface area contributed by atoms with Crippen molar-refractivity contribution in [2.75, 3.05) is 22.9 Å². The van der Waals surface area contributed by atoms with Crippen molar-refractivity contribution in [3.8, 4) is 0 Å². The number of anilines is 2. The number of hydrogen-bond acceptors (Lipinski definition) is 8. The molecule has 0 aromatic heterocycles. The van der Waals surface area contributed by atoms with Gasteiger partial charge in [0.2, 0.25) is 11.8 Å². The zero-order valence-corrected chi connectivity index (χ0v) is 34.4. The van der Waals surface area contributed by atoms with Gasteiger partial charge in [-0.15, -0.1) is 0 Å². The normalized spacial score (nSPS) is 15.5. The molecule has 0 N–H and O–H groups in total. The van der Waals surface area contributed by atoms with E-state index in [0.717, 1.165) is 58.9 Å². The molecule has 56 heavy (non-hydrogen) atoms. The van der Waals surface area contributed by atoms with Crippen molar-refractivity contribution < 1.29 is 19.2 Å². The first kappa shape index (κ1) is 41.0. The maximum absolute atomic E-state index is 13.5. The maximum atomic E-state index is 13.5. The molecule has 4 aromatic carbocycles. The van der Waals surface area contributed by atoms with Gasteiger partial charge >= 0.3 is 0 Å². The Hall–Kier alpha value is -4.62. The van der Waals surface area contributed by atoms with Gasteiger partial charge < -0.3 is 9.80 Å². The van der Waals surface area contributed by atoms with Crippen molar-refractivity contribution in [1.29, 1.82) is 0 Å². The lowest BCUT2D eigenvalue weighted by atomic mass is 10.1. The van der Waals surface area contributed by atoms with E-state index in [4.69, 9.17) is 24.4 Å². The van der Waals surface area contributed by atoms with Crippen molar-refractivity contribution in [3.63, 3.8) is 0 Å². The topological polar surface area (TPSA) is 81.2 Å². The van der Waals surface area contributed by atoms with Crippen LogP contribution in [0, 0.1) is 0 Å². The van der Waals surface area contributed by atoms with E-state index in [9.17, 15) is 19.2 Å². The van der Waals surface area contributed by atoms with Crippen LogP contribution in [0.25, 0.3) is 0 Å². The first-order valence-electron chi connectivity index (χ1n) is 18.9. The van der Waals surface area contributed by atoms with Crippen molar-refractivity contribution >= 4 is 91.6 Å². The lowest BCUT2D eigenvalue weighted by Gasteiger charge is -2.23. The molecule has 0 bridgehead atoms. The van der Waals surface area contributed by atoms with Crippen LogP contribution in [-0.4, -0.2) is 55.2 Å². The summed E-state index contributed by atoms with van der Waals surface area (Å²) < 4.78 is 0.844. The van der Waals surface area contributed by atoms with Gasteiger partial charge in [0, 0.05) is 37.3 Å². The zero-order valence-electron chi connectivity index (χ0n) is 31.1. The number of nitrogens with zero attached hydrogens (tertiary/aromatic N) is 4. The summed E-state index contributed by atoms with van der Waals surface area (Å²) in [5, 5.41) is 0. The van der Waals surface area contributed by atoms with Gasteiger partial charge in [-0.1, -0.05) is 158 Å². The van der Waals surface area contributed by atoms with Crippen LogP contribution in [0.1, 0.15) is 62.5 Å². The third-order valence-electron chi connectivity index (χ3n) is 9.55. The summed E-state index contributed by atoms with van der Waals surface area (Å²) in [6, 6.07) is 39.3. The quantitative estimate of drug-likeness (QED) is 0.0558. The average molecular weight is 821 g/mol. The summed E-state index contributed by atoms with van der Waals surface area (Å²) in [5.74, 6) is -0.442. The van der Waals surface area contributed by atoms with E-state index < -0.39 is 0 Å². The fourth-order valence-electron chi connectivity index (χ4n) is 6.57. The molecule has 2 saturated heterocycles. The molecule has 0 spiro atoms. The molecule has 288 valence electrons. The van der Waals surface area contributed by atoms with Crippen LogP contribution < -0.4 is 9.80 Å². The molecule has 2 fully saturated rings. The minimum absolute atomic E-state index is 0.0507. The Morgan fingerprint density at radius 3 is 1.18 bits per heavy atom. The molecule has 0 saturated carbocycles. The number of amides is 4. The van der Waals surface area contributed by atoms with Crippen molar-refractivity contribution in [2.24, 2.45) is 0 Å². The van der Waals surface area contributed by atoms with Crippen molar-refractivity contribution in [3.05, 3.63) is 142 Å². The van der Waals surface area contributed by atoms with Crippen LogP contribution >= 0.6 is 48.0 Å². The first-order valence-corrected chi connectivity index (χ1v) is 21.4. The third kappa shape index (κ3) is 10.8. The molecule has 8 nitrogen and oxygen atoms in total. The summed E-state index contributed by atoms with van der Waals surface area (Å²) in [6.07, 6.45) is 4.98. The van der Waals surface area contributed by atoms with Crippen LogP contribution in [0.4, 0.5) is 11.4 Å². The average Bonchev–Trinajstić information content (AvgIpc) is 3.67. The molecule has 0 unspecified atom stereocenters. The van der Waals surface area contributed by atoms with Gasteiger partial charge in [-0.3, -0.25) is 29.0 Å².